The van der Waals surface area contributed by atoms with Crippen LogP contribution >= 0.6 is 0 Å². The van der Waals surface area contributed by atoms with Crippen molar-refractivity contribution in [2.75, 3.05) is 11.3 Å². The monoisotopic (exact) mass is 424 g/mol. The largest absolute Gasteiger partial charge is 0.394 e. The van der Waals surface area contributed by atoms with Crippen LogP contribution in [0.15, 0.2) is 35.1 Å². The van der Waals surface area contributed by atoms with Gasteiger partial charge in [-0.25, -0.2) is 12.8 Å². The number of nitrogens with one attached hydrogen (secondary N) is 1. The van der Waals surface area contributed by atoms with Crippen LogP contribution in [0.5, 0.6) is 0 Å². The van der Waals surface area contributed by atoms with Crippen LogP contribution in [0.2, 0.25) is 0 Å². The second kappa shape index (κ2) is 7.89. The molecule has 0 amide bonds. The summed E-state index contributed by atoms with van der Waals surface area (Å²) in [5, 5.41) is 18.8. The van der Waals surface area contributed by atoms with Gasteiger partial charge in [-0.05, 0) is 49.4 Å². The summed E-state index contributed by atoms with van der Waals surface area (Å²) in [6.07, 6.45) is -0.439. The van der Waals surface area contributed by atoms with E-state index in [1.165, 1.54) is 29.8 Å². The number of aliphatic hydroxyl groups is 2. The van der Waals surface area contributed by atoms with E-state index in [9.17, 15) is 22.7 Å². The number of sulfonamides is 1. The van der Waals surface area contributed by atoms with Crippen molar-refractivity contribution in [2.45, 2.75) is 43.5 Å². The molecule has 1 saturated carbocycles. The van der Waals surface area contributed by atoms with Crippen LogP contribution in [0.25, 0.3) is 0 Å². The van der Waals surface area contributed by atoms with E-state index in [0.29, 0.717) is 24.1 Å². The Morgan fingerprint density at radius 2 is 1.97 bits per heavy atom. The van der Waals surface area contributed by atoms with Crippen molar-refractivity contribution < 1.29 is 23.0 Å². The molecule has 0 saturated heterocycles. The molecule has 0 aliphatic heterocycles. The summed E-state index contributed by atoms with van der Waals surface area (Å²) in [6.45, 7) is 1.25. The molecule has 1 heterocycles. The van der Waals surface area contributed by atoms with Gasteiger partial charge in [-0.1, -0.05) is 12.1 Å². The molecule has 1 fully saturated rings. The van der Waals surface area contributed by atoms with Gasteiger partial charge in [0.05, 0.1) is 23.1 Å². The van der Waals surface area contributed by atoms with E-state index in [1.54, 1.807) is 19.1 Å². The first-order valence-electron chi connectivity index (χ1n) is 9.34. The number of aromatic nitrogens is 1. The quantitative estimate of drug-likeness (QED) is 0.594. The van der Waals surface area contributed by atoms with Crippen molar-refractivity contribution in [1.82, 2.24) is 4.57 Å². The first-order valence-corrected chi connectivity index (χ1v) is 10.8. The summed E-state index contributed by atoms with van der Waals surface area (Å²) in [5.74, 6) is -0.431. The Morgan fingerprint density at radius 3 is 2.55 bits per heavy atom. The molecule has 1 aromatic heterocycles. The molecular weight excluding hydrogens is 399 g/mol. The standard InChI is InChI=1S/C20H25FN2O5S/c1-13-3-4-14(16(21)9-13)10-18-17(5-6-19(26)23(18)2)22-29(27,28)20(7-8-20)11-15(25)12-24/h3-6,9,15,22,24-25H,7-8,10-12H2,1-2H3/t15-/m1/s1. The van der Waals surface area contributed by atoms with Crippen molar-refractivity contribution >= 4 is 15.7 Å². The number of hydrogen-bond donors (Lipinski definition) is 3. The maximum Gasteiger partial charge on any atom is 0.250 e. The maximum atomic E-state index is 14.3. The third-order valence-corrected chi connectivity index (χ3v) is 7.65. The van der Waals surface area contributed by atoms with Crippen molar-refractivity contribution in [3.8, 4) is 0 Å². The molecule has 7 nitrogen and oxygen atoms in total. The van der Waals surface area contributed by atoms with E-state index in [4.69, 9.17) is 5.11 Å². The van der Waals surface area contributed by atoms with Gasteiger partial charge in [0.15, 0.2) is 0 Å². The second-order valence-corrected chi connectivity index (χ2v) is 9.77. The van der Waals surface area contributed by atoms with Gasteiger partial charge in [0, 0.05) is 25.2 Å². The van der Waals surface area contributed by atoms with Crippen LogP contribution in [0.1, 0.15) is 36.1 Å². The van der Waals surface area contributed by atoms with E-state index in [0.717, 1.165) is 5.56 Å². The third-order valence-electron chi connectivity index (χ3n) is 5.45. The van der Waals surface area contributed by atoms with Gasteiger partial charge >= 0.3 is 0 Å². The zero-order chi connectivity index (χ0) is 21.4. The lowest BCUT2D eigenvalue weighted by atomic mass is 10.1. The molecule has 1 aromatic carbocycles. The van der Waals surface area contributed by atoms with Crippen molar-refractivity contribution in [3.63, 3.8) is 0 Å². The van der Waals surface area contributed by atoms with Crippen LogP contribution in [0.4, 0.5) is 10.1 Å². The Morgan fingerprint density at radius 1 is 1.28 bits per heavy atom. The zero-order valence-electron chi connectivity index (χ0n) is 16.4. The average Bonchev–Trinajstić information content (AvgIpc) is 3.44. The van der Waals surface area contributed by atoms with Gasteiger partial charge in [-0.2, -0.15) is 0 Å². The van der Waals surface area contributed by atoms with Crippen LogP contribution < -0.4 is 10.3 Å². The fourth-order valence-electron chi connectivity index (χ4n) is 3.43. The molecule has 0 radical (unpaired) electrons. The molecular formula is C20H25FN2O5S. The topological polar surface area (TPSA) is 109 Å². The molecule has 9 heteroatoms. The number of rotatable bonds is 8. The smallest absolute Gasteiger partial charge is 0.250 e. The first kappa shape index (κ1) is 21.5. The third kappa shape index (κ3) is 4.36. The lowest BCUT2D eigenvalue weighted by molar-refractivity contribution is 0.0858. The Kier molecular flexibility index (Phi) is 5.84. The summed E-state index contributed by atoms with van der Waals surface area (Å²) in [6, 6.07) is 7.36. The maximum absolute atomic E-state index is 14.3. The molecule has 1 aliphatic rings. The predicted octanol–water partition coefficient (Wildman–Crippen LogP) is 1.44. The second-order valence-electron chi connectivity index (χ2n) is 7.69. The van der Waals surface area contributed by atoms with E-state index < -0.39 is 33.3 Å². The number of anilines is 1. The van der Waals surface area contributed by atoms with Crippen molar-refractivity contribution in [1.29, 1.82) is 0 Å². The van der Waals surface area contributed by atoms with E-state index in [1.807, 2.05) is 0 Å². The number of hydrogen-bond acceptors (Lipinski definition) is 5. The Balaban J connectivity index is 1.96. The number of aliphatic hydroxyl groups excluding tert-OH is 2. The number of benzene rings is 1. The van der Waals surface area contributed by atoms with Gasteiger partial charge in [0.1, 0.15) is 5.82 Å². The first-order chi connectivity index (χ1) is 13.6. The minimum absolute atomic E-state index is 0.0306. The van der Waals surface area contributed by atoms with Crippen molar-refractivity contribution in [3.05, 3.63) is 63.3 Å². The highest BCUT2D eigenvalue weighted by molar-refractivity contribution is 7.94. The minimum atomic E-state index is -3.90. The molecule has 1 aliphatic carbocycles. The molecule has 0 unspecified atom stereocenters. The summed E-state index contributed by atoms with van der Waals surface area (Å²) < 4.78 is 43.0. The lowest BCUT2D eigenvalue weighted by Gasteiger charge is -2.22. The lowest BCUT2D eigenvalue weighted by Crippen LogP contribution is -2.35. The summed E-state index contributed by atoms with van der Waals surface area (Å²) in [5.41, 5.74) is 1.29. The zero-order valence-corrected chi connectivity index (χ0v) is 17.2. The molecule has 29 heavy (non-hydrogen) atoms. The highest BCUT2D eigenvalue weighted by atomic mass is 32.2. The highest BCUT2D eigenvalue weighted by Crippen LogP contribution is 2.48. The van der Waals surface area contributed by atoms with E-state index in [2.05, 4.69) is 4.72 Å². The molecule has 0 spiro atoms. The minimum Gasteiger partial charge on any atom is -0.394 e. The Labute approximate surface area is 168 Å². The average molecular weight is 424 g/mol. The van der Waals surface area contributed by atoms with Gasteiger partial charge in [0.2, 0.25) is 10.0 Å². The molecule has 158 valence electrons. The van der Waals surface area contributed by atoms with Crippen LogP contribution in [-0.2, 0) is 23.5 Å². The number of halogens is 1. The number of aryl methyl sites for hydroxylation is 1. The fraction of sp³-hybridized carbons (Fsp3) is 0.450. The van der Waals surface area contributed by atoms with Gasteiger partial charge in [-0.3, -0.25) is 9.52 Å². The van der Waals surface area contributed by atoms with Gasteiger partial charge in [0.25, 0.3) is 5.56 Å². The van der Waals surface area contributed by atoms with Crippen molar-refractivity contribution in [2.24, 2.45) is 7.05 Å². The number of pyridine rings is 1. The Bertz CT molecular complexity index is 1080. The molecule has 2 aromatic rings. The summed E-state index contributed by atoms with van der Waals surface area (Å²) in [4.78, 5) is 12.1. The molecule has 1 atom stereocenters. The van der Waals surface area contributed by atoms with Gasteiger partial charge in [-0.15, -0.1) is 0 Å². The van der Waals surface area contributed by atoms with Crippen LogP contribution in [0, 0.1) is 12.7 Å². The number of nitrogens with zero attached hydrogens (tertiary/aromatic N) is 1. The molecule has 3 N–H and O–H groups in total. The van der Waals surface area contributed by atoms with E-state index >= 15 is 0 Å². The van der Waals surface area contributed by atoms with Crippen LogP contribution in [-0.4, -0.2) is 40.7 Å². The predicted molar refractivity (Wildman–Crippen MR) is 108 cm³/mol. The summed E-state index contributed by atoms with van der Waals surface area (Å²) >= 11 is 0. The molecule has 3 rings (SSSR count). The molecule has 0 bridgehead atoms. The fourth-order valence-corrected chi connectivity index (χ4v) is 5.17. The highest BCUT2D eigenvalue weighted by Gasteiger charge is 2.55. The normalized spacial score (nSPS) is 16.4. The van der Waals surface area contributed by atoms with Gasteiger partial charge < -0.3 is 14.8 Å². The SMILES string of the molecule is Cc1ccc(Cc2c(NS(=O)(=O)C3(C[C@@H](O)CO)CC3)ccc(=O)n2C)c(F)c1. The Hall–Kier alpha value is -2.23. The van der Waals surface area contributed by atoms with E-state index in [-0.39, 0.29) is 24.1 Å². The van der Waals surface area contributed by atoms with Crippen LogP contribution in [0.3, 0.4) is 0 Å². The summed E-state index contributed by atoms with van der Waals surface area (Å²) in [7, 11) is -2.39.